The van der Waals surface area contributed by atoms with Crippen LogP contribution in [0, 0.1) is 0 Å². The lowest BCUT2D eigenvalue weighted by Gasteiger charge is -2.25. The molecule has 0 unspecified atom stereocenters. The fraction of sp³-hybridized carbons (Fsp3) is 0.778. The number of ether oxygens (including phenoxy) is 1. The van der Waals surface area contributed by atoms with Crippen molar-refractivity contribution in [2.45, 2.75) is 38.3 Å². The van der Waals surface area contributed by atoms with Crippen LogP contribution in [0.4, 0.5) is 4.39 Å². The molecule has 0 N–H and O–H groups in total. The summed E-state index contributed by atoms with van der Waals surface area (Å²) in [5.74, 6) is -1.64. The van der Waals surface area contributed by atoms with Gasteiger partial charge in [0.2, 0.25) is 0 Å². The lowest BCUT2D eigenvalue weighted by atomic mass is 9.85. The molecular weight excluding hydrogens is 175 g/mol. The van der Waals surface area contributed by atoms with Crippen LogP contribution in [0.15, 0.2) is 0 Å². The minimum atomic E-state index is -2.35. The summed E-state index contributed by atoms with van der Waals surface area (Å²) in [5.41, 5.74) is -2.35. The molecule has 0 amide bonds. The van der Waals surface area contributed by atoms with Crippen molar-refractivity contribution in [1.29, 1.82) is 0 Å². The number of hydrogen-bond donors (Lipinski definition) is 0. The molecule has 1 aliphatic carbocycles. The molecule has 3 nitrogen and oxygen atoms in total. The molecule has 0 spiro atoms. The van der Waals surface area contributed by atoms with E-state index >= 15 is 0 Å². The zero-order valence-corrected chi connectivity index (χ0v) is 7.64. The van der Waals surface area contributed by atoms with Gasteiger partial charge in [-0.15, -0.1) is 0 Å². The van der Waals surface area contributed by atoms with Crippen LogP contribution in [0.25, 0.3) is 0 Å². The van der Waals surface area contributed by atoms with Gasteiger partial charge in [0.1, 0.15) is 0 Å². The van der Waals surface area contributed by atoms with Crippen LogP contribution in [0.2, 0.25) is 0 Å². The summed E-state index contributed by atoms with van der Waals surface area (Å²) >= 11 is 0. The molecule has 1 aliphatic rings. The van der Waals surface area contributed by atoms with Crippen molar-refractivity contribution in [2.24, 2.45) is 0 Å². The minimum absolute atomic E-state index is 0.0231. The quantitative estimate of drug-likeness (QED) is 0.486. The average molecular weight is 188 g/mol. The van der Waals surface area contributed by atoms with Gasteiger partial charge in [0.25, 0.3) is 5.67 Å². The third-order valence-corrected chi connectivity index (χ3v) is 2.22. The Balaban J connectivity index is 2.71. The maximum absolute atomic E-state index is 13.7. The summed E-state index contributed by atoms with van der Waals surface area (Å²) in [6, 6.07) is 0. The molecule has 0 bridgehead atoms. The second-order valence-electron chi connectivity index (χ2n) is 3.15. The first-order chi connectivity index (χ1) is 6.11. The number of Topliss-reactive ketones (excluding diaryl/α,β-unsaturated/α-hetero) is 1. The summed E-state index contributed by atoms with van der Waals surface area (Å²) in [6.07, 6.45) is 1.37. The standard InChI is InChI=1S/C9H13FO3/c1-2-13-8(12)9(10)6-4-3-5-7(9)11/h2-6H2,1H3/t9-/m1/s1. The predicted molar refractivity (Wildman–Crippen MR) is 43.9 cm³/mol. The fourth-order valence-electron chi connectivity index (χ4n) is 1.45. The summed E-state index contributed by atoms with van der Waals surface area (Å²) in [7, 11) is 0. The SMILES string of the molecule is CCOC(=O)[C@@]1(F)CCCCC1=O. The molecular formula is C9H13FO3. The normalized spacial score (nSPS) is 28.6. The highest BCUT2D eigenvalue weighted by molar-refractivity contribution is 6.07. The van der Waals surface area contributed by atoms with Gasteiger partial charge in [-0.2, -0.15) is 0 Å². The number of ketones is 1. The second-order valence-corrected chi connectivity index (χ2v) is 3.15. The van der Waals surface area contributed by atoms with E-state index in [1.54, 1.807) is 6.92 Å². The van der Waals surface area contributed by atoms with Crippen LogP contribution < -0.4 is 0 Å². The van der Waals surface area contributed by atoms with Gasteiger partial charge in [-0.3, -0.25) is 4.79 Å². The Morgan fingerprint density at radius 2 is 2.31 bits per heavy atom. The van der Waals surface area contributed by atoms with E-state index in [2.05, 4.69) is 4.74 Å². The number of carbonyl (C=O) groups is 2. The van der Waals surface area contributed by atoms with Gasteiger partial charge in [-0.1, -0.05) is 0 Å². The van der Waals surface area contributed by atoms with E-state index in [1.165, 1.54) is 0 Å². The van der Waals surface area contributed by atoms with Gasteiger partial charge in [-0.05, 0) is 26.2 Å². The van der Waals surface area contributed by atoms with Gasteiger partial charge in [-0.25, -0.2) is 9.18 Å². The Kier molecular flexibility index (Phi) is 3.01. The average Bonchev–Trinajstić information content (AvgIpc) is 2.11. The van der Waals surface area contributed by atoms with Crippen LogP contribution in [0.1, 0.15) is 32.6 Å². The van der Waals surface area contributed by atoms with Gasteiger partial charge in [0, 0.05) is 6.42 Å². The maximum Gasteiger partial charge on any atom is 0.351 e. The first-order valence-electron chi connectivity index (χ1n) is 4.50. The number of carbonyl (C=O) groups excluding carboxylic acids is 2. The predicted octanol–water partition coefficient (Wildman–Crippen LogP) is 1.40. The zero-order valence-electron chi connectivity index (χ0n) is 7.64. The third-order valence-electron chi connectivity index (χ3n) is 2.22. The van der Waals surface area contributed by atoms with Crippen LogP contribution >= 0.6 is 0 Å². The molecule has 0 aromatic heterocycles. The minimum Gasteiger partial charge on any atom is -0.463 e. The number of hydrogen-bond acceptors (Lipinski definition) is 3. The van der Waals surface area contributed by atoms with Crippen molar-refractivity contribution < 1.29 is 18.7 Å². The highest BCUT2D eigenvalue weighted by Crippen LogP contribution is 2.29. The molecule has 0 aliphatic heterocycles. The molecule has 4 heteroatoms. The van der Waals surface area contributed by atoms with E-state index in [9.17, 15) is 14.0 Å². The molecule has 1 rings (SSSR count). The summed E-state index contributed by atoms with van der Waals surface area (Å²) < 4.78 is 18.2. The lowest BCUT2D eigenvalue weighted by Crippen LogP contribution is -2.45. The van der Waals surface area contributed by atoms with E-state index in [0.29, 0.717) is 12.8 Å². The molecule has 0 radical (unpaired) electrons. The number of esters is 1. The lowest BCUT2D eigenvalue weighted by molar-refractivity contribution is -0.164. The summed E-state index contributed by atoms with van der Waals surface area (Å²) in [5, 5.41) is 0. The first-order valence-corrected chi connectivity index (χ1v) is 4.50. The van der Waals surface area contributed by atoms with Gasteiger partial charge < -0.3 is 4.74 Å². The zero-order chi connectivity index (χ0) is 9.90. The molecule has 1 fully saturated rings. The molecule has 0 heterocycles. The van der Waals surface area contributed by atoms with E-state index in [4.69, 9.17) is 0 Å². The van der Waals surface area contributed by atoms with Crippen LogP contribution in [-0.4, -0.2) is 24.0 Å². The second kappa shape index (κ2) is 3.85. The molecule has 74 valence electrons. The Labute approximate surface area is 76.3 Å². The Morgan fingerprint density at radius 3 is 2.85 bits per heavy atom. The van der Waals surface area contributed by atoms with Crippen molar-refractivity contribution in [2.75, 3.05) is 6.61 Å². The molecule has 0 aromatic carbocycles. The van der Waals surface area contributed by atoms with Gasteiger partial charge >= 0.3 is 5.97 Å². The Hall–Kier alpha value is -0.930. The monoisotopic (exact) mass is 188 g/mol. The van der Waals surface area contributed by atoms with Crippen molar-refractivity contribution in [3.63, 3.8) is 0 Å². The topological polar surface area (TPSA) is 43.4 Å². The van der Waals surface area contributed by atoms with Crippen molar-refractivity contribution >= 4 is 11.8 Å². The molecule has 13 heavy (non-hydrogen) atoms. The molecule has 0 aromatic rings. The Morgan fingerprint density at radius 1 is 1.62 bits per heavy atom. The smallest absolute Gasteiger partial charge is 0.351 e. The highest BCUT2D eigenvalue weighted by Gasteiger charge is 2.48. The first kappa shape index (κ1) is 10.2. The van der Waals surface area contributed by atoms with Crippen molar-refractivity contribution in [3.8, 4) is 0 Å². The van der Waals surface area contributed by atoms with Crippen LogP contribution in [-0.2, 0) is 14.3 Å². The number of halogens is 1. The van der Waals surface area contributed by atoms with Gasteiger partial charge in [0.15, 0.2) is 5.78 Å². The molecule has 1 atom stereocenters. The number of rotatable bonds is 2. The Bertz CT molecular complexity index is 227. The molecule has 0 saturated heterocycles. The largest absolute Gasteiger partial charge is 0.463 e. The maximum atomic E-state index is 13.7. The van der Waals surface area contributed by atoms with Crippen molar-refractivity contribution in [1.82, 2.24) is 0 Å². The van der Waals surface area contributed by atoms with E-state index in [-0.39, 0.29) is 19.4 Å². The fourth-order valence-corrected chi connectivity index (χ4v) is 1.45. The summed E-state index contributed by atoms with van der Waals surface area (Å²) in [6.45, 7) is 1.70. The summed E-state index contributed by atoms with van der Waals surface area (Å²) in [4.78, 5) is 22.3. The van der Waals surface area contributed by atoms with E-state index in [0.717, 1.165) is 0 Å². The molecule has 1 saturated carbocycles. The van der Waals surface area contributed by atoms with Gasteiger partial charge in [0.05, 0.1) is 6.61 Å². The van der Waals surface area contributed by atoms with E-state index < -0.39 is 17.4 Å². The highest BCUT2D eigenvalue weighted by atomic mass is 19.1. The van der Waals surface area contributed by atoms with Crippen molar-refractivity contribution in [3.05, 3.63) is 0 Å². The third kappa shape index (κ3) is 1.87. The van der Waals surface area contributed by atoms with Crippen LogP contribution in [0.5, 0.6) is 0 Å². The van der Waals surface area contributed by atoms with E-state index in [1.807, 2.05) is 0 Å². The number of alkyl halides is 1. The van der Waals surface area contributed by atoms with Crippen LogP contribution in [0.3, 0.4) is 0 Å².